The van der Waals surface area contributed by atoms with Crippen LogP contribution in [0.3, 0.4) is 0 Å². The molecule has 1 N–H and O–H groups in total. The van der Waals surface area contributed by atoms with Crippen molar-refractivity contribution in [3.8, 4) is 0 Å². The first-order valence-corrected chi connectivity index (χ1v) is 11.2. The average Bonchev–Trinajstić information content (AvgIpc) is 2.69. The third-order valence-electron chi connectivity index (χ3n) is 4.64. The minimum Gasteiger partial charge on any atom is -0.325 e. The number of hydrogen-bond acceptors (Lipinski definition) is 4. The Bertz CT molecular complexity index is 961. The lowest BCUT2D eigenvalue weighted by molar-refractivity contribution is -0.120. The van der Waals surface area contributed by atoms with Crippen molar-refractivity contribution >= 4 is 33.4 Å². The van der Waals surface area contributed by atoms with Gasteiger partial charge in [0.1, 0.15) is 5.82 Å². The number of carbonyl (C=O) groups excluding carboxylic acids is 1. The van der Waals surface area contributed by atoms with E-state index >= 15 is 0 Å². The summed E-state index contributed by atoms with van der Waals surface area (Å²) in [5, 5.41) is 2.67. The molecule has 2 aromatic carbocycles. The van der Waals surface area contributed by atoms with Crippen LogP contribution in [0.15, 0.2) is 58.3 Å². The van der Waals surface area contributed by atoms with Crippen LogP contribution in [0.25, 0.3) is 0 Å². The van der Waals surface area contributed by atoms with E-state index in [1.807, 2.05) is 0 Å². The molecule has 2 aromatic rings. The maximum atomic E-state index is 13.0. The number of thioether (sulfide) groups is 1. The van der Waals surface area contributed by atoms with Crippen molar-refractivity contribution < 1.29 is 26.4 Å². The van der Waals surface area contributed by atoms with Crippen LogP contribution in [-0.2, 0) is 14.8 Å². The molecule has 10 heteroatoms. The van der Waals surface area contributed by atoms with Gasteiger partial charge in [-0.15, -0.1) is 0 Å². The summed E-state index contributed by atoms with van der Waals surface area (Å²) in [6.45, 7) is 0.288. The van der Waals surface area contributed by atoms with E-state index in [1.54, 1.807) is 18.2 Å². The van der Waals surface area contributed by atoms with Gasteiger partial charge in [0.15, 0.2) is 0 Å². The molecule has 0 aliphatic carbocycles. The van der Waals surface area contributed by atoms with Crippen LogP contribution >= 0.6 is 11.8 Å². The minimum atomic E-state index is -3.76. The molecule has 1 amide bonds. The number of anilines is 1. The molecular weight excluding hydrogens is 425 g/mol. The third kappa shape index (κ3) is 5.31. The number of carbonyl (C=O) groups is 1. The fraction of sp³-hybridized carbons (Fsp3) is 0.316. The van der Waals surface area contributed by atoms with Crippen LogP contribution in [0.2, 0.25) is 0 Å². The van der Waals surface area contributed by atoms with E-state index in [0.717, 1.165) is 12.1 Å². The molecule has 0 unspecified atom stereocenters. The highest BCUT2D eigenvalue weighted by molar-refractivity contribution is 7.99. The van der Waals surface area contributed by atoms with E-state index in [1.165, 1.54) is 22.5 Å². The molecule has 0 bridgehead atoms. The Labute approximate surface area is 171 Å². The molecule has 1 fully saturated rings. The van der Waals surface area contributed by atoms with E-state index in [0.29, 0.717) is 30.3 Å². The quantitative estimate of drug-likeness (QED) is 0.679. The normalized spacial score (nSPS) is 16.1. The van der Waals surface area contributed by atoms with Crippen LogP contribution in [0, 0.1) is 11.7 Å². The molecule has 1 aliphatic rings. The number of alkyl halides is 2. The topological polar surface area (TPSA) is 66.5 Å². The summed E-state index contributed by atoms with van der Waals surface area (Å²) in [7, 11) is -3.76. The SMILES string of the molecule is O=C(Nc1ccccc1SC(F)F)C1CCN(S(=O)(=O)c2ccc(F)cc2)CC1. The smallest absolute Gasteiger partial charge is 0.288 e. The summed E-state index contributed by atoms with van der Waals surface area (Å²) in [6.07, 6.45) is 0.604. The number of sulfonamides is 1. The lowest BCUT2D eigenvalue weighted by atomic mass is 9.97. The molecular formula is C19H19F3N2O3S2. The zero-order chi connectivity index (χ0) is 21.0. The number of nitrogens with zero attached hydrogens (tertiary/aromatic N) is 1. The summed E-state index contributed by atoms with van der Waals surface area (Å²) in [5.74, 6) is -3.89. The molecule has 1 heterocycles. The fourth-order valence-electron chi connectivity index (χ4n) is 3.12. The van der Waals surface area contributed by atoms with E-state index < -0.39 is 27.5 Å². The van der Waals surface area contributed by atoms with Crippen molar-refractivity contribution in [1.82, 2.24) is 4.31 Å². The Kier molecular flexibility index (Phi) is 6.86. The number of para-hydroxylation sites is 1. The summed E-state index contributed by atoms with van der Waals surface area (Å²) in [6, 6.07) is 10.9. The second-order valence-electron chi connectivity index (χ2n) is 6.50. The van der Waals surface area contributed by atoms with Crippen molar-refractivity contribution in [2.24, 2.45) is 5.92 Å². The van der Waals surface area contributed by atoms with Crippen LogP contribution in [-0.4, -0.2) is 37.5 Å². The van der Waals surface area contributed by atoms with Crippen LogP contribution in [0.5, 0.6) is 0 Å². The zero-order valence-corrected chi connectivity index (χ0v) is 16.9. The molecule has 5 nitrogen and oxygen atoms in total. The number of benzene rings is 2. The average molecular weight is 445 g/mol. The summed E-state index contributed by atoms with van der Waals surface area (Å²) in [5.41, 5.74) is 0.309. The number of hydrogen-bond donors (Lipinski definition) is 1. The highest BCUT2D eigenvalue weighted by Crippen LogP contribution is 2.32. The Morgan fingerprint density at radius 3 is 2.31 bits per heavy atom. The molecule has 0 radical (unpaired) electrons. The van der Waals surface area contributed by atoms with Gasteiger partial charge in [0.25, 0.3) is 5.76 Å². The molecule has 3 rings (SSSR count). The van der Waals surface area contributed by atoms with Gasteiger partial charge in [-0.3, -0.25) is 4.79 Å². The highest BCUT2D eigenvalue weighted by atomic mass is 32.2. The summed E-state index contributed by atoms with van der Waals surface area (Å²) >= 11 is 0.354. The number of nitrogens with one attached hydrogen (secondary N) is 1. The predicted molar refractivity (Wildman–Crippen MR) is 105 cm³/mol. The van der Waals surface area contributed by atoms with Gasteiger partial charge in [-0.2, -0.15) is 13.1 Å². The van der Waals surface area contributed by atoms with Gasteiger partial charge < -0.3 is 5.32 Å². The van der Waals surface area contributed by atoms with E-state index in [4.69, 9.17) is 0 Å². The van der Waals surface area contributed by atoms with E-state index in [9.17, 15) is 26.4 Å². The lowest BCUT2D eigenvalue weighted by Crippen LogP contribution is -2.41. The first kappa shape index (κ1) is 21.7. The van der Waals surface area contributed by atoms with Gasteiger partial charge in [0.2, 0.25) is 15.9 Å². The maximum absolute atomic E-state index is 13.0. The molecule has 0 spiro atoms. The van der Waals surface area contributed by atoms with Gasteiger partial charge in [-0.1, -0.05) is 23.9 Å². The Hall–Kier alpha value is -2.04. The number of halogens is 3. The van der Waals surface area contributed by atoms with Crippen molar-refractivity contribution in [2.45, 2.75) is 28.4 Å². The summed E-state index contributed by atoms with van der Waals surface area (Å²) in [4.78, 5) is 12.8. The van der Waals surface area contributed by atoms with Crippen molar-refractivity contribution in [2.75, 3.05) is 18.4 Å². The van der Waals surface area contributed by atoms with E-state index in [-0.39, 0.29) is 28.8 Å². The zero-order valence-electron chi connectivity index (χ0n) is 15.2. The van der Waals surface area contributed by atoms with Gasteiger partial charge >= 0.3 is 0 Å². The van der Waals surface area contributed by atoms with Crippen LogP contribution < -0.4 is 5.32 Å². The predicted octanol–water partition coefficient (Wildman–Crippen LogP) is 4.18. The Morgan fingerprint density at radius 1 is 1.07 bits per heavy atom. The minimum absolute atomic E-state index is 0.000229. The van der Waals surface area contributed by atoms with Gasteiger partial charge in [0, 0.05) is 23.9 Å². The van der Waals surface area contributed by atoms with E-state index in [2.05, 4.69) is 5.32 Å². The second kappa shape index (κ2) is 9.19. The molecule has 156 valence electrons. The molecule has 29 heavy (non-hydrogen) atoms. The van der Waals surface area contributed by atoms with Gasteiger partial charge in [0.05, 0.1) is 10.6 Å². The molecule has 0 aromatic heterocycles. The lowest BCUT2D eigenvalue weighted by Gasteiger charge is -2.30. The van der Waals surface area contributed by atoms with Crippen molar-refractivity contribution in [3.63, 3.8) is 0 Å². The van der Waals surface area contributed by atoms with Crippen LogP contribution in [0.4, 0.5) is 18.9 Å². The number of amides is 1. The van der Waals surface area contributed by atoms with Gasteiger partial charge in [-0.25, -0.2) is 12.8 Å². The third-order valence-corrected chi connectivity index (χ3v) is 7.34. The first-order chi connectivity index (χ1) is 13.8. The Morgan fingerprint density at radius 2 is 1.69 bits per heavy atom. The largest absolute Gasteiger partial charge is 0.325 e. The summed E-state index contributed by atoms with van der Waals surface area (Å²) < 4.78 is 64.9. The highest BCUT2D eigenvalue weighted by Gasteiger charge is 2.32. The standard InChI is InChI=1S/C19H19F3N2O3S2/c20-14-5-7-15(8-6-14)29(26,27)24-11-9-13(10-12-24)18(25)23-16-3-1-2-4-17(16)28-19(21)22/h1-8,13,19H,9-12H2,(H,23,25). The number of rotatable bonds is 6. The molecule has 0 atom stereocenters. The van der Waals surface area contributed by atoms with Crippen LogP contribution in [0.1, 0.15) is 12.8 Å². The monoisotopic (exact) mass is 444 g/mol. The molecule has 1 saturated heterocycles. The number of piperidine rings is 1. The molecule has 1 aliphatic heterocycles. The fourth-order valence-corrected chi connectivity index (χ4v) is 5.18. The maximum Gasteiger partial charge on any atom is 0.288 e. The van der Waals surface area contributed by atoms with Crippen molar-refractivity contribution in [3.05, 3.63) is 54.3 Å². The Balaban J connectivity index is 1.62. The van der Waals surface area contributed by atoms with Gasteiger partial charge in [-0.05, 0) is 49.2 Å². The molecule has 0 saturated carbocycles. The second-order valence-corrected chi connectivity index (χ2v) is 9.47. The van der Waals surface area contributed by atoms with Crippen molar-refractivity contribution in [1.29, 1.82) is 0 Å². The first-order valence-electron chi connectivity index (χ1n) is 8.88.